The van der Waals surface area contributed by atoms with E-state index in [1.54, 1.807) is 6.92 Å². The topological polar surface area (TPSA) is 29.5 Å². The van der Waals surface area contributed by atoms with Crippen molar-refractivity contribution in [3.05, 3.63) is 59.2 Å². The quantitative estimate of drug-likeness (QED) is 0.850. The van der Waals surface area contributed by atoms with Crippen LogP contribution in [0.3, 0.4) is 0 Å². The van der Waals surface area contributed by atoms with Crippen LogP contribution in [0.15, 0.2) is 42.5 Å². The van der Waals surface area contributed by atoms with Gasteiger partial charge in [-0.1, -0.05) is 38.1 Å². The Morgan fingerprint density at radius 3 is 2.15 bits per heavy atom. The van der Waals surface area contributed by atoms with Gasteiger partial charge in [-0.2, -0.15) is 0 Å². The molecule has 0 aromatic heterocycles. The lowest BCUT2D eigenvalue weighted by atomic mass is 10.0. The Kier molecular flexibility index (Phi) is 4.46. The predicted molar refractivity (Wildman–Crippen MR) is 82.4 cm³/mol. The standard InChI is InChI=1S/C18H22O2/c1-12(2)17-10-5-13(3)11-18(17)20-16-8-6-15(7-9-16)14(4)19/h5-12,14,19H,1-4H3/t14-/m1/s1. The van der Waals surface area contributed by atoms with Gasteiger partial charge in [-0.25, -0.2) is 0 Å². The van der Waals surface area contributed by atoms with Crippen LogP contribution < -0.4 is 4.74 Å². The monoisotopic (exact) mass is 270 g/mol. The van der Waals surface area contributed by atoms with E-state index in [9.17, 15) is 5.11 Å². The Morgan fingerprint density at radius 1 is 0.950 bits per heavy atom. The SMILES string of the molecule is Cc1ccc(C(C)C)c(Oc2ccc([C@@H](C)O)cc2)c1. The van der Waals surface area contributed by atoms with Crippen molar-refractivity contribution in [3.8, 4) is 11.5 Å². The van der Waals surface area contributed by atoms with E-state index < -0.39 is 6.10 Å². The zero-order chi connectivity index (χ0) is 14.7. The second kappa shape index (κ2) is 6.10. The lowest BCUT2D eigenvalue weighted by Crippen LogP contribution is -1.95. The van der Waals surface area contributed by atoms with Gasteiger partial charge in [0.2, 0.25) is 0 Å². The van der Waals surface area contributed by atoms with Crippen molar-refractivity contribution in [1.82, 2.24) is 0 Å². The van der Waals surface area contributed by atoms with E-state index in [1.807, 2.05) is 24.3 Å². The summed E-state index contributed by atoms with van der Waals surface area (Å²) < 4.78 is 6.00. The molecule has 2 rings (SSSR count). The van der Waals surface area contributed by atoms with Gasteiger partial charge in [-0.15, -0.1) is 0 Å². The smallest absolute Gasteiger partial charge is 0.131 e. The Labute approximate surface area is 121 Å². The van der Waals surface area contributed by atoms with E-state index in [1.165, 1.54) is 11.1 Å². The maximum absolute atomic E-state index is 9.52. The van der Waals surface area contributed by atoms with Gasteiger partial charge in [-0.3, -0.25) is 0 Å². The first-order valence-electron chi connectivity index (χ1n) is 7.04. The van der Waals surface area contributed by atoms with Gasteiger partial charge in [-0.05, 0) is 54.7 Å². The summed E-state index contributed by atoms with van der Waals surface area (Å²) in [6.45, 7) is 8.14. The minimum absolute atomic E-state index is 0.419. The van der Waals surface area contributed by atoms with Crippen molar-refractivity contribution < 1.29 is 9.84 Å². The molecular weight excluding hydrogens is 248 g/mol. The molecule has 0 aliphatic rings. The molecule has 0 bridgehead atoms. The third kappa shape index (κ3) is 3.40. The molecule has 0 saturated carbocycles. The van der Waals surface area contributed by atoms with Gasteiger partial charge in [0.25, 0.3) is 0 Å². The molecule has 2 heteroatoms. The molecule has 0 fully saturated rings. The minimum atomic E-state index is -0.450. The number of aliphatic hydroxyl groups excluding tert-OH is 1. The highest BCUT2D eigenvalue weighted by Crippen LogP contribution is 2.31. The summed E-state index contributed by atoms with van der Waals surface area (Å²) in [6.07, 6.45) is -0.450. The molecule has 2 nitrogen and oxygen atoms in total. The summed E-state index contributed by atoms with van der Waals surface area (Å²) in [5.41, 5.74) is 3.28. The molecule has 106 valence electrons. The van der Waals surface area contributed by atoms with Crippen LogP contribution >= 0.6 is 0 Å². The third-order valence-electron chi connectivity index (χ3n) is 3.38. The Hall–Kier alpha value is -1.80. The van der Waals surface area contributed by atoms with Gasteiger partial charge in [0.15, 0.2) is 0 Å². The van der Waals surface area contributed by atoms with Crippen LogP contribution in [0.5, 0.6) is 11.5 Å². The molecule has 2 aromatic carbocycles. The number of hydrogen-bond donors (Lipinski definition) is 1. The first-order chi connectivity index (χ1) is 9.47. The summed E-state index contributed by atoms with van der Waals surface area (Å²) >= 11 is 0. The lowest BCUT2D eigenvalue weighted by Gasteiger charge is -2.15. The first kappa shape index (κ1) is 14.6. The second-order valence-electron chi connectivity index (χ2n) is 5.54. The zero-order valence-electron chi connectivity index (χ0n) is 12.6. The molecule has 0 spiro atoms. The molecule has 0 amide bonds. The average molecular weight is 270 g/mol. The first-order valence-corrected chi connectivity index (χ1v) is 7.04. The maximum atomic E-state index is 9.52. The van der Waals surface area contributed by atoms with Crippen LogP contribution in [0.2, 0.25) is 0 Å². The predicted octanol–water partition coefficient (Wildman–Crippen LogP) is 4.96. The van der Waals surface area contributed by atoms with Gasteiger partial charge in [0.05, 0.1) is 6.10 Å². The second-order valence-corrected chi connectivity index (χ2v) is 5.54. The highest BCUT2D eigenvalue weighted by molar-refractivity contribution is 5.42. The van der Waals surface area contributed by atoms with Crippen LogP contribution in [0.1, 0.15) is 49.5 Å². The number of rotatable bonds is 4. The lowest BCUT2D eigenvalue weighted by molar-refractivity contribution is 0.199. The molecule has 0 heterocycles. The van der Waals surface area contributed by atoms with E-state index in [0.717, 1.165) is 17.1 Å². The average Bonchev–Trinajstić information content (AvgIpc) is 2.39. The molecule has 1 N–H and O–H groups in total. The van der Waals surface area contributed by atoms with Crippen LogP contribution in [0, 0.1) is 6.92 Å². The van der Waals surface area contributed by atoms with Crippen LogP contribution in [0.25, 0.3) is 0 Å². The van der Waals surface area contributed by atoms with Gasteiger partial charge in [0.1, 0.15) is 11.5 Å². The van der Waals surface area contributed by atoms with E-state index in [-0.39, 0.29) is 0 Å². The summed E-state index contributed by atoms with van der Waals surface area (Å²) in [6, 6.07) is 13.9. The maximum Gasteiger partial charge on any atom is 0.131 e. The highest BCUT2D eigenvalue weighted by Gasteiger charge is 2.09. The molecule has 1 atom stereocenters. The minimum Gasteiger partial charge on any atom is -0.457 e. The Morgan fingerprint density at radius 2 is 1.60 bits per heavy atom. The van der Waals surface area contributed by atoms with Crippen LogP contribution in [-0.4, -0.2) is 5.11 Å². The summed E-state index contributed by atoms with van der Waals surface area (Å²) in [7, 11) is 0. The van der Waals surface area contributed by atoms with Crippen molar-refractivity contribution in [2.75, 3.05) is 0 Å². The Balaban J connectivity index is 2.27. The molecule has 20 heavy (non-hydrogen) atoms. The van der Waals surface area contributed by atoms with E-state index in [2.05, 4.69) is 39.0 Å². The summed E-state index contributed by atoms with van der Waals surface area (Å²) in [5, 5.41) is 9.52. The van der Waals surface area contributed by atoms with E-state index in [4.69, 9.17) is 4.74 Å². The fourth-order valence-electron chi connectivity index (χ4n) is 2.15. The normalized spacial score (nSPS) is 12.5. The molecule has 0 aliphatic heterocycles. The number of aryl methyl sites for hydroxylation is 1. The molecule has 0 aliphatic carbocycles. The molecule has 0 radical (unpaired) electrons. The fraction of sp³-hybridized carbons (Fsp3) is 0.333. The summed E-state index contributed by atoms with van der Waals surface area (Å²) in [5.74, 6) is 2.12. The van der Waals surface area contributed by atoms with E-state index >= 15 is 0 Å². The summed E-state index contributed by atoms with van der Waals surface area (Å²) in [4.78, 5) is 0. The fourth-order valence-corrected chi connectivity index (χ4v) is 2.15. The van der Waals surface area contributed by atoms with Gasteiger partial charge in [0, 0.05) is 0 Å². The zero-order valence-corrected chi connectivity index (χ0v) is 12.6. The number of hydrogen-bond acceptors (Lipinski definition) is 2. The molecule has 2 aromatic rings. The van der Waals surface area contributed by atoms with Crippen molar-refractivity contribution in [1.29, 1.82) is 0 Å². The molecular formula is C18H22O2. The van der Waals surface area contributed by atoms with Crippen molar-refractivity contribution in [2.24, 2.45) is 0 Å². The van der Waals surface area contributed by atoms with E-state index in [0.29, 0.717) is 5.92 Å². The molecule has 0 saturated heterocycles. The van der Waals surface area contributed by atoms with Crippen molar-refractivity contribution >= 4 is 0 Å². The largest absolute Gasteiger partial charge is 0.457 e. The van der Waals surface area contributed by atoms with Gasteiger partial charge >= 0.3 is 0 Å². The van der Waals surface area contributed by atoms with Crippen molar-refractivity contribution in [2.45, 2.75) is 39.7 Å². The Bertz CT molecular complexity index is 568. The molecule has 0 unspecified atom stereocenters. The van der Waals surface area contributed by atoms with Gasteiger partial charge < -0.3 is 9.84 Å². The number of benzene rings is 2. The van der Waals surface area contributed by atoms with Crippen molar-refractivity contribution in [3.63, 3.8) is 0 Å². The third-order valence-corrected chi connectivity index (χ3v) is 3.38. The highest BCUT2D eigenvalue weighted by atomic mass is 16.5. The number of aliphatic hydroxyl groups is 1. The number of ether oxygens (including phenoxy) is 1. The van der Waals surface area contributed by atoms with Crippen LogP contribution in [-0.2, 0) is 0 Å². The van der Waals surface area contributed by atoms with Crippen LogP contribution in [0.4, 0.5) is 0 Å².